The molecule has 2 N–H and O–H groups in total. The van der Waals surface area contributed by atoms with Crippen LogP contribution in [0.5, 0.6) is 0 Å². The molecule has 25 heavy (non-hydrogen) atoms. The molecule has 1 fully saturated rings. The van der Waals surface area contributed by atoms with E-state index in [2.05, 4.69) is 25.9 Å². The van der Waals surface area contributed by atoms with E-state index in [0.29, 0.717) is 30.7 Å². The third kappa shape index (κ3) is 4.16. The summed E-state index contributed by atoms with van der Waals surface area (Å²) in [4.78, 5) is 16.9. The molecule has 1 atom stereocenters. The first-order chi connectivity index (χ1) is 12.0. The van der Waals surface area contributed by atoms with Gasteiger partial charge in [0, 0.05) is 32.2 Å². The lowest BCUT2D eigenvalue weighted by Crippen LogP contribution is -2.39. The van der Waals surface area contributed by atoms with Crippen LogP contribution in [0.25, 0.3) is 0 Å². The van der Waals surface area contributed by atoms with Gasteiger partial charge in [-0.2, -0.15) is 10.1 Å². The summed E-state index contributed by atoms with van der Waals surface area (Å²) in [6, 6.07) is 1.05. The maximum absolute atomic E-state index is 12.4. The Balaban J connectivity index is 1.75. The van der Waals surface area contributed by atoms with Crippen molar-refractivity contribution in [1.82, 2.24) is 25.2 Å². The molecular weight excluding hydrogens is 324 g/mol. The average Bonchev–Trinajstić information content (AvgIpc) is 3.23. The number of nitrogens with zero attached hydrogens (tertiary/aromatic N) is 4. The maximum Gasteiger partial charge on any atom is 0.321 e. The number of ether oxygens (including phenoxy) is 1. The Morgan fingerprint density at radius 2 is 2.12 bits per heavy atom. The fourth-order valence-corrected chi connectivity index (χ4v) is 2.83. The van der Waals surface area contributed by atoms with Crippen LogP contribution in [0.3, 0.4) is 0 Å². The number of carbonyl (C=O) groups excluding carboxylic acids is 1. The van der Waals surface area contributed by atoms with Gasteiger partial charge in [0.15, 0.2) is 5.82 Å². The highest BCUT2D eigenvalue weighted by atomic mass is 16.5. The summed E-state index contributed by atoms with van der Waals surface area (Å²) in [5.74, 6) is 2.04. The van der Waals surface area contributed by atoms with Crippen molar-refractivity contribution in [1.29, 1.82) is 0 Å². The molecule has 0 aromatic carbocycles. The van der Waals surface area contributed by atoms with Gasteiger partial charge in [0.2, 0.25) is 5.89 Å². The third-order valence-electron chi connectivity index (χ3n) is 4.33. The Morgan fingerprint density at radius 3 is 2.72 bits per heavy atom. The molecule has 0 unspecified atom stereocenters. The molecule has 9 nitrogen and oxygen atoms in total. The fraction of sp³-hybridized carbons (Fsp3) is 0.625. The monoisotopic (exact) mass is 348 g/mol. The summed E-state index contributed by atoms with van der Waals surface area (Å²) >= 11 is 0. The van der Waals surface area contributed by atoms with Gasteiger partial charge < -0.3 is 14.6 Å². The molecule has 1 aliphatic rings. The lowest BCUT2D eigenvalue weighted by molar-refractivity contribution is 0.0506. The summed E-state index contributed by atoms with van der Waals surface area (Å²) in [5.41, 5.74) is 0. The van der Waals surface area contributed by atoms with E-state index in [1.165, 1.54) is 0 Å². The molecule has 0 aliphatic carbocycles. The van der Waals surface area contributed by atoms with Gasteiger partial charge in [0.05, 0.1) is 6.20 Å². The molecule has 3 heterocycles. The molecule has 0 radical (unpaired) electrons. The lowest BCUT2D eigenvalue weighted by atomic mass is 9.91. The molecule has 2 aromatic heterocycles. The van der Waals surface area contributed by atoms with Crippen LogP contribution >= 0.6 is 0 Å². The van der Waals surface area contributed by atoms with Gasteiger partial charge >= 0.3 is 6.03 Å². The quantitative estimate of drug-likeness (QED) is 0.858. The van der Waals surface area contributed by atoms with Crippen molar-refractivity contribution in [3.63, 3.8) is 0 Å². The third-order valence-corrected chi connectivity index (χ3v) is 4.33. The summed E-state index contributed by atoms with van der Waals surface area (Å²) < 4.78 is 12.5. The second-order valence-electron chi connectivity index (χ2n) is 6.51. The SMILES string of the molecule is CC(C)c1noc([C@@H](NC(=O)Nc2ccnn2C)C2CCOCC2)n1. The normalized spacial score (nSPS) is 16.8. The summed E-state index contributed by atoms with van der Waals surface area (Å²) in [6.07, 6.45) is 3.28. The van der Waals surface area contributed by atoms with Crippen molar-refractivity contribution in [2.45, 2.75) is 38.6 Å². The van der Waals surface area contributed by atoms with Gasteiger partial charge in [-0.15, -0.1) is 0 Å². The van der Waals surface area contributed by atoms with E-state index in [1.54, 1.807) is 24.0 Å². The second kappa shape index (κ2) is 7.64. The van der Waals surface area contributed by atoms with E-state index in [4.69, 9.17) is 9.26 Å². The topological polar surface area (TPSA) is 107 Å². The van der Waals surface area contributed by atoms with Gasteiger partial charge in [-0.1, -0.05) is 19.0 Å². The van der Waals surface area contributed by atoms with E-state index in [9.17, 15) is 4.79 Å². The molecule has 9 heteroatoms. The minimum absolute atomic E-state index is 0.163. The minimum Gasteiger partial charge on any atom is -0.381 e. The highest BCUT2D eigenvalue weighted by Crippen LogP contribution is 2.30. The summed E-state index contributed by atoms with van der Waals surface area (Å²) in [7, 11) is 1.76. The zero-order valence-electron chi connectivity index (χ0n) is 14.7. The van der Waals surface area contributed by atoms with Crippen molar-refractivity contribution in [3.8, 4) is 0 Å². The highest BCUT2D eigenvalue weighted by molar-refractivity contribution is 5.88. The highest BCUT2D eigenvalue weighted by Gasteiger charge is 2.31. The molecule has 0 bridgehead atoms. The van der Waals surface area contributed by atoms with Gasteiger partial charge in [0.25, 0.3) is 0 Å². The van der Waals surface area contributed by atoms with Crippen LogP contribution in [0.4, 0.5) is 10.6 Å². The number of aryl methyl sites for hydroxylation is 1. The van der Waals surface area contributed by atoms with Crippen LogP contribution in [-0.2, 0) is 11.8 Å². The Labute approximate surface area is 146 Å². The standard InChI is InChI=1S/C16H24N6O3/c1-10(2)14-20-15(25-21-14)13(11-5-8-24-9-6-11)19-16(23)18-12-4-7-17-22(12)3/h4,7,10-11,13H,5-6,8-9H2,1-3H3,(H2,18,19,23)/t13-/m0/s1. The first-order valence-electron chi connectivity index (χ1n) is 8.51. The van der Waals surface area contributed by atoms with E-state index in [-0.39, 0.29) is 23.9 Å². The second-order valence-corrected chi connectivity index (χ2v) is 6.51. The number of aromatic nitrogens is 4. The molecular formula is C16H24N6O3. The molecule has 1 saturated heterocycles. The molecule has 0 saturated carbocycles. The number of carbonyl (C=O) groups is 1. The van der Waals surface area contributed by atoms with Gasteiger partial charge in [0.1, 0.15) is 11.9 Å². The van der Waals surface area contributed by atoms with Crippen LogP contribution in [0.15, 0.2) is 16.8 Å². The van der Waals surface area contributed by atoms with E-state index in [1.807, 2.05) is 13.8 Å². The number of rotatable bonds is 5. The molecule has 1 aliphatic heterocycles. The lowest BCUT2D eigenvalue weighted by Gasteiger charge is -2.28. The molecule has 3 rings (SSSR count). The molecule has 2 amide bonds. The van der Waals surface area contributed by atoms with Crippen molar-refractivity contribution >= 4 is 11.8 Å². The van der Waals surface area contributed by atoms with Gasteiger partial charge in [-0.05, 0) is 18.8 Å². The minimum atomic E-state index is -0.350. The number of amides is 2. The number of anilines is 1. The molecule has 0 spiro atoms. The number of urea groups is 1. The Morgan fingerprint density at radius 1 is 1.36 bits per heavy atom. The molecule has 136 valence electrons. The van der Waals surface area contributed by atoms with Crippen LogP contribution in [-0.4, -0.2) is 39.2 Å². The summed E-state index contributed by atoms with van der Waals surface area (Å²) in [5, 5.41) is 13.8. The van der Waals surface area contributed by atoms with Gasteiger partial charge in [-0.25, -0.2) is 4.79 Å². The summed E-state index contributed by atoms with van der Waals surface area (Å²) in [6.45, 7) is 5.33. The van der Waals surface area contributed by atoms with E-state index >= 15 is 0 Å². The van der Waals surface area contributed by atoms with Crippen molar-refractivity contribution < 1.29 is 14.1 Å². The number of nitrogens with one attached hydrogen (secondary N) is 2. The first kappa shape index (κ1) is 17.4. The maximum atomic E-state index is 12.4. The van der Waals surface area contributed by atoms with E-state index < -0.39 is 0 Å². The fourth-order valence-electron chi connectivity index (χ4n) is 2.83. The van der Waals surface area contributed by atoms with Crippen LogP contribution in [0.2, 0.25) is 0 Å². The van der Waals surface area contributed by atoms with Crippen molar-refractivity contribution in [2.24, 2.45) is 13.0 Å². The average molecular weight is 348 g/mol. The number of hydrogen-bond acceptors (Lipinski definition) is 6. The van der Waals surface area contributed by atoms with Crippen LogP contribution in [0.1, 0.15) is 50.4 Å². The Bertz CT molecular complexity index is 704. The van der Waals surface area contributed by atoms with Crippen molar-refractivity contribution in [2.75, 3.05) is 18.5 Å². The predicted octanol–water partition coefficient (Wildman–Crippen LogP) is 2.22. The Kier molecular flexibility index (Phi) is 5.32. The van der Waals surface area contributed by atoms with Gasteiger partial charge in [-0.3, -0.25) is 10.00 Å². The number of hydrogen-bond donors (Lipinski definition) is 2. The smallest absolute Gasteiger partial charge is 0.321 e. The van der Waals surface area contributed by atoms with Crippen LogP contribution in [0, 0.1) is 5.92 Å². The first-order valence-corrected chi connectivity index (χ1v) is 8.51. The van der Waals surface area contributed by atoms with Crippen molar-refractivity contribution in [3.05, 3.63) is 24.0 Å². The molecule has 2 aromatic rings. The largest absolute Gasteiger partial charge is 0.381 e. The Hall–Kier alpha value is -2.42. The van der Waals surface area contributed by atoms with E-state index in [0.717, 1.165) is 12.8 Å². The zero-order valence-corrected chi connectivity index (χ0v) is 14.7. The van der Waals surface area contributed by atoms with Crippen LogP contribution < -0.4 is 10.6 Å². The zero-order chi connectivity index (χ0) is 17.8. The predicted molar refractivity (Wildman–Crippen MR) is 90.0 cm³/mol.